The SMILES string of the molecule is CC(=O)Oc1c(C)c(C)nc(C)c1C(C)CNOCCc1ccc(C(F)(F)F)cc1. The normalized spacial score (nSPS) is 12.7. The Bertz CT molecular complexity index is 881. The summed E-state index contributed by atoms with van der Waals surface area (Å²) >= 11 is 0. The fourth-order valence-corrected chi connectivity index (χ4v) is 3.17. The van der Waals surface area contributed by atoms with Crippen molar-refractivity contribution < 1.29 is 27.5 Å². The Labute approximate surface area is 174 Å². The molecule has 0 saturated carbocycles. The maximum Gasteiger partial charge on any atom is 0.416 e. The Morgan fingerprint density at radius 3 is 2.33 bits per heavy atom. The van der Waals surface area contributed by atoms with E-state index in [9.17, 15) is 18.0 Å². The van der Waals surface area contributed by atoms with Gasteiger partial charge in [-0.2, -0.15) is 13.2 Å². The van der Waals surface area contributed by atoms with Gasteiger partial charge in [0.25, 0.3) is 0 Å². The molecule has 5 nitrogen and oxygen atoms in total. The average Bonchev–Trinajstić information content (AvgIpc) is 2.65. The molecular formula is C22H27F3N2O3. The van der Waals surface area contributed by atoms with Crippen LogP contribution in [0.15, 0.2) is 24.3 Å². The summed E-state index contributed by atoms with van der Waals surface area (Å²) in [6.45, 7) is 9.69. The number of nitrogens with one attached hydrogen (secondary N) is 1. The first-order chi connectivity index (χ1) is 14.0. The number of rotatable bonds is 8. The summed E-state index contributed by atoms with van der Waals surface area (Å²) in [5, 5.41) is 0. The average molecular weight is 424 g/mol. The van der Waals surface area contributed by atoms with Crippen LogP contribution in [0, 0.1) is 20.8 Å². The van der Waals surface area contributed by atoms with E-state index in [1.165, 1.54) is 19.1 Å². The highest BCUT2D eigenvalue weighted by Crippen LogP contribution is 2.33. The van der Waals surface area contributed by atoms with Crippen molar-refractivity contribution in [2.24, 2.45) is 0 Å². The van der Waals surface area contributed by atoms with Crippen molar-refractivity contribution in [2.45, 2.75) is 53.1 Å². The second kappa shape index (κ2) is 10.0. The van der Waals surface area contributed by atoms with E-state index in [2.05, 4.69) is 10.5 Å². The molecule has 0 saturated heterocycles. The quantitative estimate of drug-likeness (QED) is 0.374. The predicted octanol–water partition coefficient (Wildman–Crippen LogP) is 4.82. The summed E-state index contributed by atoms with van der Waals surface area (Å²) in [7, 11) is 0. The van der Waals surface area contributed by atoms with E-state index in [0.717, 1.165) is 40.2 Å². The van der Waals surface area contributed by atoms with Crippen molar-refractivity contribution in [3.8, 4) is 5.75 Å². The third-order valence-corrected chi connectivity index (χ3v) is 4.86. The molecule has 0 spiro atoms. The van der Waals surface area contributed by atoms with Gasteiger partial charge in [0.2, 0.25) is 0 Å². The number of alkyl halides is 3. The highest BCUT2D eigenvalue weighted by atomic mass is 19.4. The first-order valence-corrected chi connectivity index (χ1v) is 9.67. The summed E-state index contributed by atoms with van der Waals surface area (Å²) in [6.07, 6.45) is -3.86. The molecule has 30 heavy (non-hydrogen) atoms. The van der Waals surface area contributed by atoms with Gasteiger partial charge in [0.1, 0.15) is 5.75 Å². The van der Waals surface area contributed by atoms with Crippen LogP contribution in [0.3, 0.4) is 0 Å². The van der Waals surface area contributed by atoms with Crippen LogP contribution >= 0.6 is 0 Å². The summed E-state index contributed by atoms with van der Waals surface area (Å²) in [5.41, 5.74) is 6.22. The molecule has 0 aliphatic rings. The van der Waals surface area contributed by atoms with Gasteiger partial charge >= 0.3 is 12.1 Å². The number of hydrogen-bond donors (Lipinski definition) is 1. The third kappa shape index (κ3) is 6.27. The highest BCUT2D eigenvalue weighted by Gasteiger charge is 2.29. The monoisotopic (exact) mass is 424 g/mol. The second-order valence-corrected chi connectivity index (χ2v) is 7.29. The zero-order chi connectivity index (χ0) is 22.5. The molecule has 1 aromatic carbocycles. The number of aromatic nitrogens is 1. The molecule has 0 amide bonds. The summed E-state index contributed by atoms with van der Waals surface area (Å²) in [4.78, 5) is 21.5. The van der Waals surface area contributed by atoms with Crippen LogP contribution in [0.1, 0.15) is 53.4 Å². The topological polar surface area (TPSA) is 60.5 Å². The van der Waals surface area contributed by atoms with Crippen molar-refractivity contribution >= 4 is 5.97 Å². The number of nitrogens with zero attached hydrogens (tertiary/aromatic N) is 1. The predicted molar refractivity (Wildman–Crippen MR) is 107 cm³/mol. The summed E-state index contributed by atoms with van der Waals surface area (Å²) in [6, 6.07) is 5.03. The molecule has 0 fully saturated rings. The number of ether oxygens (including phenoxy) is 1. The number of aryl methyl sites for hydroxylation is 2. The molecule has 1 heterocycles. The lowest BCUT2D eigenvalue weighted by Crippen LogP contribution is -2.23. The number of esters is 1. The number of hydroxylamine groups is 1. The Kier molecular flexibility index (Phi) is 7.97. The van der Waals surface area contributed by atoms with Crippen LogP contribution in [0.4, 0.5) is 13.2 Å². The van der Waals surface area contributed by atoms with Gasteiger partial charge in [-0.3, -0.25) is 9.78 Å². The molecular weight excluding hydrogens is 397 g/mol. The molecule has 0 aliphatic heterocycles. The van der Waals surface area contributed by atoms with Gasteiger partial charge < -0.3 is 9.57 Å². The van der Waals surface area contributed by atoms with Crippen LogP contribution in [-0.4, -0.2) is 24.1 Å². The van der Waals surface area contributed by atoms with Gasteiger partial charge in [-0.1, -0.05) is 19.1 Å². The van der Waals surface area contributed by atoms with Gasteiger partial charge in [-0.15, -0.1) is 0 Å². The summed E-state index contributed by atoms with van der Waals surface area (Å²) in [5.74, 6) is 0.0982. The lowest BCUT2D eigenvalue weighted by Gasteiger charge is -2.21. The first-order valence-electron chi connectivity index (χ1n) is 9.67. The number of carbonyl (C=O) groups excluding carboxylic acids is 1. The molecule has 2 aromatic rings. The van der Waals surface area contributed by atoms with Crippen LogP contribution in [0.25, 0.3) is 0 Å². The Balaban J connectivity index is 1.91. The fraction of sp³-hybridized carbons (Fsp3) is 0.455. The molecule has 2 rings (SSSR count). The number of carbonyl (C=O) groups is 1. The number of hydrogen-bond acceptors (Lipinski definition) is 5. The van der Waals surface area contributed by atoms with E-state index in [1.54, 1.807) is 0 Å². The first kappa shape index (κ1) is 23.8. The molecule has 164 valence electrons. The Morgan fingerprint density at radius 2 is 1.77 bits per heavy atom. The molecule has 0 bridgehead atoms. The van der Waals surface area contributed by atoms with Gasteiger partial charge in [0, 0.05) is 41.9 Å². The molecule has 1 unspecified atom stereocenters. The van der Waals surface area contributed by atoms with E-state index in [-0.39, 0.29) is 5.92 Å². The van der Waals surface area contributed by atoms with Crippen LogP contribution in [0.2, 0.25) is 0 Å². The van der Waals surface area contributed by atoms with Crippen LogP contribution in [0.5, 0.6) is 5.75 Å². The lowest BCUT2D eigenvalue weighted by atomic mass is 9.96. The van der Waals surface area contributed by atoms with E-state index in [4.69, 9.17) is 9.57 Å². The Morgan fingerprint density at radius 1 is 1.13 bits per heavy atom. The maximum absolute atomic E-state index is 12.6. The van der Waals surface area contributed by atoms with Crippen LogP contribution < -0.4 is 10.2 Å². The van der Waals surface area contributed by atoms with E-state index in [1.807, 2.05) is 27.7 Å². The molecule has 1 aromatic heterocycles. The molecule has 1 N–H and O–H groups in total. The maximum atomic E-state index is 12.6. The third-order valence-electron chi connectivity index (χ3n) is 4.86. The van der Waals surface area contributed by atoms with E-state index < -0.39 is 17.7 Å². The lowest BCUT2D eigenvalue weighted by molar-refractivity contribution is -0.137. The van der Waals surface area contributed by atoms with E-state index in [0.29, 0.717) is 25.3 Å². The summed E-state index contributed by atoms with van der Waals surface area (Å²) < 4.78 is 43.2. The van der Waals surface area contributed by atoms with Gasteiger partial charge in [0.05, 0.1) is 12.2 Å². The number of pyridine rings is 1. The van der Waals surface area contributed by atoms with Gasteiger partial charge in [-0.25, -0.2) is 5.48 Å². The fourth-order valence-electron chi connectivity index (χ4n) is 3.17. The van der Waals surface area contributed by atoms with Crippen molar-refractivity contribution in [1.82, 2.24) is 10.5 Å². The van der Waals surface area contributed by atoms with Crippen molar-refractivity contribution in [1.29, 1.82) is 0 Å². The van der Waals surface area contributed by atoms with Crippen molar-refractivity contribution in [3.05, 3.63) is 57.9 Å². The van der Waals surface area contributed by atoms with Gasteiger partial charge in [-0.05, 0) is 44.9 Å². The highest BCUT2D eigenvalue weighted by molar-refractivity contribution is 5.71. The largest absolute Gasteiger partial charge is 0.426 e. The minimum absolute atomic E-state index is 0.0442. The molecule has 8 heteroatoms. The minimum atomic E-state index is -4.33. The van der Waals surface area contributed by atoms with E-state index >= 15 is 0 Å². The molecule has 0 radical (unpaired) electrons. The minimum Gasteiger partial charge on any atom is -0.426 e. The molecule has 1 atom stereocenters. The second-order valence-electron chi connectivity index (χ2n) is 7.29. The zero-order valence-corrected chi connectivity index (χ0v) is 17.8. The van der Waals surface area contributed by atoms with Crippen LogP contribution in [-0.2, 0) is 22.2 Å². The van der Waals surface area contributed by atoms with Crippen molar-refractivity contribution in [2.75, 3.05) is 13.2 Å². The standard InChI is InChI=1S/C22H27F3N2O3/c1-13(20-16(4)27-15(3)14(2)21(20)30-17(5)28)12-26-29-11-10-18-6-8-19(9-7-18)22(23,24)25/h6-9,13,26H,10-12H2,1-5H3. The molecule has 0 aliphatic carbocycles. The number of halogens is 3. The van der Waals surface area contributed by atoms with Gasteiger partial charge in [0.15, 0.2) is 0 Å². The van der Waals surface area contributed by atoms with Crippen molar-refractivity contribution in [3.63, 3.8) is 0 Å². The number of benzene rings is 1. The smallest absolute Gasteiger partial charge is 0.416 e. The Hall–Kier alpha value is -2.45. The zero-order valence-electron chi connectivity index (χ0n) is 17.8.